The highest BCUT2D eigenvalue weighted by Crippen LogP contribution is 2.26. The van der Waals surface area contributed by atoms with Crippen LogP contribution >= 0.6 is 0 Å². The van der Waals surface area contributed by atoms with Gasteiger partial charge in [0.1, 0.15) is 5.78 Å². The van der Waals surface area contributed by atoms with Crippen LogP contribution in [0.3, 0.4) is 0 Å². The number of carbonyl (C=O) groups excluding carboxylic acids is 1. The Bertz CT molecular complexity index is 750. The Labute approximate surface area is 136 Å². The van der Waals surface area contributed by atoms with Gasteiger partial charge < -0.3 is 10.3 Å². The molecule has 1 fully saturated rings. The van der Waals surface area contributed by atoms with Crippen molar-refractivity contribution in [3.05, 3.63) is 46.2 Å². The van der Waals surface area contributed by atoms with Crippen molar-refractivity contribution < 1.29 is 4.79 Å². The summed E-state index contributed by atoms with van der Waals surface area (Å²) in [6, 6.07) is 9.25. The molecule has 0 spiro atoms. The molecule has 0 saturated carbocycles. The van der Waals surface area contributed by atoms with Crippen molar-refractivity contribution in [1.82, 2.24) is 10.3 Å². The van der Waals surface area contributed by atoms with Crippen molar-refractivity contribution in [2.24, 2.45) is 11.8 Å². The molecule has 0 bridgehead atoms. The molecule has 4 nitrogen and oxygen atoms in total. The molecule has 1 aromatic heterocycles. The van der Waals surface area contributed by atoms with Crippen LogP contribution in [-0.2, 0) is 11.2 Å². The standard InChI is InChI=1S/C19H24N2O2/c1-2-13-12-20-8-7-14(13)9-16(22)10-15-11-19(23)21-18-6-4-3-5-17(15)18/h3-6,11,13-14,20H,2,7-10,12H2,1H3,(H,21,23)/t13-,14-/m0/s1. The Balaban J connectivity index is 1.76. The highest BCUT2D eigenvalue weighted by atomic mass is 16.1. The van der Waals surface area contributed by atoms with E-state index >= 15 is 0 Å². The Morgan fingerprint density at radius 1 is 1.26 bits per heavy atom. The van der Waals surface area contributed by atoms with Crippen molar-refractivity contribution in [2.45, 2.75) is 32.6 Å². The minimum absolute atomic E-state index is 0.139. The van der Waals surface area contributed by atoms with E-state index in [1.807, 2.05) is 24.3 Å². The highest BCUT2D eigenvalue weighted by Gasteiger charge is 2.25. The average molecular weight is 312 g/mol. The second-order valence-corrected chi connectivity index (χ2v) is 6.55. The molecule has 1 saturated heterocycles. The van der Waals surface area contributed by atoms with Gasteiger partial charge in [-0.15, -0.1) is 0 Å². The van der Waals surface area contributed by atoms with Crippen LogP contribution < -0.4 is 10.9 Å². The van der Waals surface area contributed by atoms with Crippen LogP contribution in [0.1, 0.15) is 31.7 Å². The van der Waals surface area contributed by atoms with Gasteiger partial charge in [0.2, 0.25) is 5.56 Å². The molecule has 4 heteroatoms. The maximum absolute atomic E-state index is 12.6. The molecule has 2 atom stereocenters. The van der Waals surface area contributed by atoms with E-state index in [0.717, 1.165) is 42.4 Å². The number of para-hydroxylation sites is 1. The molecule has 2 heterocycles. The zero-order chi connectivity index (χ0) is 16.2. The quantitative estimate of drug-likeness (QED) is 0.892. The van der Waals surface area contributed by atoms with Gasteiger partial charge in [-0.2, -0.15) is 0 Å². The van der Waals surface area contributed by atoms with E-state index in [1.165, 1.54) is 0 Å². The second-order valence-electron chi connectivity index (χ2n) is 6.55. The third kappa shape index (κ3) is 3.70. The van der Waals surface area contributed by atoms with Crippen molar-refractivity contribution in [1.29, 1.82) is 0 Å². The summed E-state index contributed by atoms with van der Waals surface area (Å²) in [6.07, 6.45) is 3.16. The number of piperidine rings is 1. The first-order chi connectivity index (χ1) is 11.2. The van der Waals surface area contributed by atoms with Crippen molar-refractivity contribution in [3.63, 3.8) is 0 Å². The van der Waals surface area contributed by atoms with Gasteiger partial charge in [-0.3, -0.25) is 9.59 Å². The lowest BCUT2D eigenvalue weighted by Gasteiger charge is -2.31. The number of hydrogen-bond donors (Lipinski definition) is 2. The van der Waals surface area contributed by atoms with E-state index in [9.17, 15) is 9.59 Å². The molecular formula is C19H24N2O2. The smallest absolute Gasteiger partial charge is 0.248 e. The SMILES string of the molecule is CC[C@H]1CNCC[C@H]1CC(=O)Cc1cc(=O)[nH]c2ccccc12. The Morgan fingerprint density at radius 3 is 2.91 bits per heavy atom. The van der Waals surface area contributed by atoms with Gasteiger partial charge in [0.05, 0.1) is 0 Å². The molecule has 1 aliphatic heterocycles. The van der Waals surface area contributed by atoms with Gasteiger partial charge in [-0.25, -0.2) is 0 Å². The number of aromatic amines is 1. The number of hydrogen-bond acceptors (Lipinski definition) is 3. The van der Waals surface area contributed by atoms with Crippen LogP contribution in [0.15, 0.2) is 35.1 Å². The van der Waals surface area contributed by atoms with Crippen LogP contribution in [0.5, 0.6) is 0 Å². The molecule has 2 N–H and O–H groups in total. The monoisotopic (exact) mass is 312 g/mol. The van der Waals surface area contributed by atoms with Gasteiger partial charge in [0, 0.05) is 29.8 Å². The maximum atomic E-state index is 12.6. The Morgan fingerprint density at radius 2 is 2.09 bits per heavy atom. The van der Waals surface area contributed by atoms with E-state index < -0.39 is 0 Å². The fraction of sp³-hybridized carbons (Fsp3) is 0.474. The Hall–Kier alpha value is -1.94. The number of carbonyl (C=O) groups is 1. The molecule has 0 radical (unpaired) electrons. The lowest BCUT2D eigenvalue weighted by molar-refractivity contribution is -0.119. The van der Waals surface area contributed by atoms with E-state index in [-0.39, 0.29) is 11.3 Å². The van der Waals surface area contributed by atoms with Gasteiger partial charge in [-0.05, 0) is 43.0 Å². The molecule has 122 valence electrons. The fourth-order valence-electron chi connectivity index (χ4n) is 3.72. The van der Waals surface area contributed by atoms with Crippen LogP contribution in [0, 0.1) is 11.8 Å². The lowest BCUT2D eigenvalue weighted by atomic mass is 9.80. The van der Waals surface area contributed by atoms with E-state index in [2.05, 4.69) is 17.2 Å². The summed E-state index contributed by atoms with van der Waals surface area (Å²) in [5.74, 6) is 1.30. The first-order valence-corrected chi connectivity index (χ1v) is 8.50. The molecule has 0 aliphatic carbocycles. The topological polar surface area (TPSA) is 62.0 Å². The summed E-state index contributed by atoms with van der Waals surface area (Å²) in [5.41, 5.74) is 1.51. The first-order valence-electron chi connectivity index (χ1n) is 8.50. The maximum Gasteiger partial charge on any atom is 0.248 e. The molecule has 2 aromatic rings. The number of nitrogens with one attached hydrogen (secondary N) is 2. The highest BCUT2D eigenvalue weighted by molar-refractivity contribution is 5.88. The summed E-state index contributed by atoms with van der Waals surface area (Å²) in [7, 11) is 0. The summed E-state index contributed by atoms with van der Waals surface area (Å²) < 4.78 is 0. The third-order valence-electron chi connectivity index (χ3n) is 5.00. The summed E-state index contributed by atoms with van der Waals surface area (Å²) in [4.78, 5) is 27.2. The van der Waals surface area contributed by atoms with Crippen molar-refractivity contribution in [2.75, 3.05) is 13.1 Å². The predicted octanol–water partition coefficient (Wildman–Crippen LogP) is 2.67. The fourth-order valence-corrected chi connectivity index (χ4v) is 3.72. The average Bonchev–Trinajstić information content (AvgIpc) is 2.55. The first kappa shape index (κ1) is 15.9. The van der Waals surface area contributed by atoms with Crippen LogP contribution in [0.25, 0.3) is 10.9 Å². The van der Waals surface area contributed by atoms with Gasteiger partial charge in [-0.1, -0.05) is 31.5 Å². The number of Topliss-reactive ketones (excluding diaryl/α,β-unsaturated/α-hetero) is 1. The summed E-state index contributed by atoms with van der Waals surface area (Å²) in [5, 5.41) is 4.38. The molecule has 0 amide bonds. The van der Waals surface area contributed by atoms with Crippen LogP contribution in [0.4, 0.5) is 0 Å². The predicted molar refractivity (Wildman–Crippen MR) is 92.7 cm³/mol. The number of rotatable bonds is 5. The zero-order valence-electron chi connectivity index (χ0n) is 13.6. The summed E-state index contributed by atoms with van der Waals surface area (Å²) in [6.45, 7) is 4.21. The Kier molecular flexibility index (Phi) is 4.91. The zero-order valence-corrected chi connectivity index (χ0v) is 13.6. The molecule has 1 aromatic carbocycles. The number of benzene rings is 1. The van der Waals surface area contributed by atoms with Crippen LogP contribution in [-0.4, -0.2) is 23.9 Å². The lowest BCUT2D eigenvalue weighted by Crippen LogP contribution is -2.37. The van der Waals surface area contributed by atoms with E-state index in [0.29, 0.717) is 24.7 Å². The third-order valence-corrected chi connectivity index (χ3v) is 5.00. The summed E-state index contributed by atoms with van der Waals surface area (Å²) >= 11 is 0. The second kappa shape index (κ2) is 7.09. The molecule has 23 heavy (non-hydrogen) atoms. The number of pyridine rings is 1. The minimum Gasteiger partial charge on any atom is -0.322 e. The minimum atomic E-state index is -0.139. The van der Waals surface area contributed by atoms with Gasteiger partial charge in [0.25, 0.3) is 0 Å². The van der Waals surface area contributed by atoms with E-state index in [4.69, 9.17) is 0 Å². The van der Waals surface area contributed by atoms with Gasteiger partial charge in [0.15, 0.2) is 0 Å². The van der Waals surface area contributed by atoms with Crippen molar-refractivity contribution in [3.8, 4) is 0 Å². The van der Waals surface area contributed by atoms with Crippen LogP contribution in [0.2, 0.25) is 0 Å². The molecular weight excluding hydrogens is 288 g/mol. The number of H-pyrrole nitrogens is 1. The molecule has 3 rings (SSSR count). The van der Waals surface area contributed by atoms with E-state index in [1.54, 1.807) is 6.07 Å². The largest absolute Gasteiger partial charge is 0.322 e. The number of aromatic nitrogens is 1. The number of fused-ring (bicyclic) bond motifs is 1. The number of ketones is 1. The van der Waals surface area contributed by atoms with Crippen molar-refractivity contribution >= 4 is 16.7 Å². The van der Waals surface area contributed by atoms with Gasteiger partial charge >= 0.3 is 0 Å². The molecule has 0 unspecified atom stereocenters. The molecule has 1 aliphatic rings. The normalized spacial score (nSPS) is 21.4.